The van der Waals surface area contributed by atoms with Gasteiger partial charge in [0.15, 0.2) is 40.3 Å². The highest BCUT2D eigenvalue weighted by molar-refractivity contribution is 7.21. The molecule has 2 aromatic heterocycles. The predicted molar refractivity (Wildman–Crippen MR) is 190 cm³/mol. The average Bonchev–Trinajstić information content (AvgIpc) is 3.82. The molecule has 0 aliphatic rings. The van der Waals surface area contributed by atoms with E-state index >= 15 is 0 Å². The van der Waals surface area contributed by atoms with Crippen LogP contribution in [0.1, 0.15) is 19.3 Å². The molecule has 0 aliphatic heterocycles. The van der Waals surface area contributed by atoms with Gasteiger partial charge in [0, 0.05) is 22.8 Å². The highest BCUT2D eigenvalue weighted by Crippen LogP contribution is 2.42. The van der Waals surface area contributed by atoms with E-state index < -0.39 is 0 Å². The van der Waals surface area contributed by atoms with E-state index in [0.717, 1.165) is 51.2 Å². The number of ether oxygens (including phenoxy) is 7. The lowest BCUT2D eigenvalue weighted by molar-refractivity contribution is 0.264. The van der Waals surface area contributed by atoms with Crippen LogP contribution in [0.15, 0.2) is 83.4 Å². The summed E-state index contributed by atoms with van der Waals surface area (Å²) in [7, 11) is 7.99. The summed E-state index contributed by atoms with van der Waals surface area (Å²) in [6, 6.07) is 25.3. The molecule has 0 fully saturated rings. The third-order valence-corrected chi connectivity index (χ3v) is 9.01. The van der Waals surface area contributed by atoms with E-state index in [0.29, 0.717) is 64.9 Å². The summed E-state index contributed by atoms with van der Waals surface area (Å²) < 4.78 is 46.7. The average molecular weight is 683 g/mol. The molecule has 6 rings (SSSR count). The van der Waals surface area contributed by atoms with E-state index in [1.54, 1.807) is 46.9 Å². The molecule has 49 heavy (non-hydrogen) atoms. The quantitative estimate of drug-likeness (QED) is 0.0919. The van der Waals surface area contributed by atoms with Crippen LogP contribution < -0.4 is 33.2 Å². The predicted octanol–water partition coefficient (Wildman–Crippen LogP) is 8.96. The number of methoxy groups -OCH3 is 5. The van der Waals surface area contributed by atoms with E-state index in [9.17, 15) is 0 Å². The van der Waals surface area contributed by atoms with E-state index in [-0.39, 0.29) is 0 Å². The standard InChI is InChI=1S/C38H38N2O8S/c1-41-29-15-13-24(31-23-28(40-48-31)26-21-34(43-3)37(45-5)35(22-26)44-4)19-32(29)46-17-9-6-10-18-47-33-20-25(14-16-30(33)42-2)38-39-27-11-7-8-12-36(27)49-38/h7-8,11-16,19-23H,6,9-10,17-18H2,1-5H3. The minimum absolute atomic E-state index is 0.508. The molecular weight excluding hydrogens is 644 g/mol. The van der Waals surface area contributed by atoms with Crippen LogP contribution in [0.25, 0.3) is 43.4 Å². The molecule has 0 unspecified atom stereocenters. The number of para-hydroxylation sites is 1. The lowest BCUT2D eigenvalue weighted by Gasteiger charge is -2.13. The number of unbranched alkanes of at least 4 members (excludes halogenated alkanes) is 2. The fourth-order valence-electron chi connectivity index (χ4n) is 5.38. The van der Waals surface area contributed by atoms with Crippen LogP contribution in [0.2, 0.25) is 0 Å². The zero-order valence-corrected chi connectivity index (χ0v) is 28.9. The van der Waals surface area contributed by atoms with E-state index in [1.807, 2.05) is 72.8 Å². The van der Waals surface area contributed by atoms with Crippen LogP contribution in [-0.2, 0) is 0 Å². The highest BCUT2D eigenvalue weighted by atomic mass is 32.1. The van der Waals surface area contributed by atoms with Crippen molar-refractivity contribution in [2.24, 2.45) is 0 Å². The zero-order chi connectivity index (χ0) is 34.2. The summed E-state index contributed by atoms with van der Waals surface area (Å²) in [5.41, 5.74) is 4.18. The number of aromatic nitrogens is 2. The fraction of sp³-hybridized carbons (Fsp3) is 0.263. The Balaban J connectivity index is 1.04. The maximum absolute atomic E-state index is 6.16. The minimum Gasteiger partial charge on any atom is -0.493 e. The van der Waals surface area contributed by atoms with Gasteiger partial charge in [-0.3, -0.25) is 0 Å². The van der Waals surface area contributed by atoms with Gasteiger partial charge in [-0.2, -0.15) is 0 Å². The van der Waals surface area contributed by atoms with Crippen molar-refractivity contribution in [2.45, 2.75) is 19.3 Å². The molecule has 11 heteroatoms. The Labute approximate surface area is 289 Å². The van der Waals surface area contributed by atoms with Crippen molar-refractivity contribution >= 4 is 21.6 Å². The third kappa shape index (κ3) is 7.52. The molecule has 2 heterocycles. The summed E-state index contributed by atoms with van der Waals surface area (Å²) in [5.74, 6) is 4.81. The van der Waals surface area contributed by atoms with E-state index in [2.05, 4.69) is 11.2 Å². The van der Waals surface area contributed by atoms with Crippen molar-refractivity contribution in [1.82, 2.24) is 10.1 Å². The molecule has 0 saturated heterocycles. The van der Waals surface area contributed by atoms with Gasteiger partial charge >= 0.3 is 0 Å². The van der Waals surface area contributed by atoms with Crippen LogP contribution in [0.3, 0.4) is 0 Å². The third-order valence-electron chi connectivity index (χ3n) is 7.93. The van der Waals surface area contributed by atoms with Crippen LogP contribution in [0.4, 0.5) is 0 Å². The molecule has 6 aromatic rings. The van der Waals surface area contributed by atoms with E-state index in [1.165, 1.54) is 0 Å². The summed E-state index contributed by atoms with van der Waals surface area (Å²) >= 11 is 1.66. The largest absolute Gasteiger partial charge is 0.493 e. The summed E-state index contributed by atoms with van der Waals surface area (Å²) in [4.78, 5) is 4.78. The normalized spacial score (nSPS) is 11.0. The Bertz CT molecular complexity index is 1960. The van der Waals surface area contributed by atoms with Gasteiger partial charge in [0.2, 0.25) is 5.75 Å². The zero-order valence-electron chi connectivity index (χ0n) is 28.1. The van der Waals surface area contributed by atoms with Crippen molar-refractivity contribution in [1.29, 1.82) is 0 Å². The summed E-state index contributed by atoms with van der Waals surface area (Å²) in [5, 5.41) is 5.24. The fourth-order valence-corrected chi connectivity index (χ4v) is 6.34. The van der Waals surface area contributed by atoms with Gasteiger partial charge in [0.1, 0.15) is 10.7 Å². The van der Waals surface area contributed by atoms with Crippen LogP contribution in [-0.4, -0.2) is 58.9 Å². The Morgan fingerprint density at radius 1 is 0.571 bits per heavy atom. The summed E-state index contributed by atoms with van der Waals surface area (Å²) in [6.45, 7) is 1.07. The molecule has 0 saturated carbocycles. The first-order chi connectivity index (χ1) is 24.0. The topological polar surface area (TPSA) is 104 Å². The summed E-state index contributed by atoms with van der Waals surface area (Å²) in [6.07, 6.45) is 2.62. The number of rotatable bonds is 16. The Hall–Kier alpha value is -5.42. The van der Waals surface area contributed by atoms with Gasteiger partial charge in [0.25, 0.3) is 0 Å². The first kappa shape index (κ1) is 33.5. The number of benzene rings is 4. The van der Waals surface area contributed by atoms with Crippen molar-refractivity contribution in [3.8, 4) is 73.4 Å². The Kier molecular flexibility index (Phi) is 10.7. The molecule has 0 atom stereocenters. The lowest BCUT2D eigenvalue weighted by Crippen LogP contribution is -2.03. The molecular formula is C38H38N2O8S. The van der Waals surface area contributed by atoms with E-state index in [4.69, 9.17) is 42.7 Å². The molecule has 254 valence electrons. The second-order valence-corrected chi connectivity index (χ2v) is 12.0. The monoisotopic (exact) mass is 682 g/mol. The van der Waals surface area contributed by atoms with Crippen molar-refractivity contribution in [3.63, 3.8) is 0 Å². The molecule has 0 radical (unpaired) electrons. The SMILES string of the molecule is COc1ccc(-c2cc(-c3cc(OC)c(OC)c(OC)c3)no2)cc1OCCCCCOc1cc(-c2nc3ccccc3s2)ccc1OC. The maximum Gasteiger partial charge on any atom is 0.203 e. The number of hydrogen-bond donors (Lipinski definition) is 0. The molecule has 0 N–H and O–H groups in total. The second-order valence-electron chi connectivity index (χ2n) is 11.0. The smallest absolute Gasteiger partial charge is 0.203 e. The van der Waals surface area contributed by atoms with Gasteiger partial charge in [-0.25, -0.2) is 4.98 Å². The van der Waals surface area contributed by atoms with Gasteiger partial charge in [-0.15, -0.1) is 11.3 Å². The Morgan fingerprint density at radius 2 is 1.16 bits per heavy atom. The highest BCUT2D eigenvalue weighted by Gasteiger charge is 2.18. The van der Waals surface area contributed by atoms with Crippen molar-refractivity contribution < 1.29 is 37.7 Å². The maximum atomic E-state index is 6.16. The van der Waals surface area contributed by atoms with Gasteiger partial charge in [-0.1, -0.05) is 17.3 Å². The van der Waals surface area contributed by atoms with Gasteiger partial charge in [0.05, 0.1) is 59.0 Å². The first-order valence-corrected chi connectivity index (χ1v) is 16.6. The molecule has 10 nitrogen and oxygen atoms in total. The van der Waals surface area contributed by atoms with Crippen LogP contribution in [0.5, 0.6) is 40.2 Å². The molecule has 0 aliphatic carbocycles. The van der Waals surface area contributed by atoms with Crippen molar-refractivity contribution in [3.05, 3.63) is 78.9 Å². The van der Waals surface area contributed by atoms with Gasteiger partial charge < -0.3 is 37.7 Å². The first-order valence-electron chi connectivity index (χ1n) is 15.8. The minimum atomic E-state index is 0.508. The number of fused-ring (bicyclic) bond motifs is 1. The number of hydrogen-bond acceptors (Lipinski definition) is 11. The van der Waals surface area contributed by atoms with Crippen LogP contribution in [0, 0.1) is 0 Å². The number of thiazole rings is 1. The van der Waals surface area contributed by atoms with Gasteiger partial charge in [-0.05, 0) is 79.9 Å². The molecule has 0 spiro atoms. The number of nitrogens with zero attached hydrogens (tertiary/aromatic N) is 2. The van der Waals surface area contributed by atoms with Crippen LogP contribution >= 0.6 is 11.3 Å². The second kappa shape index (κ2) is 15.7. The van der Waals surface area contributed by atoms with Crippen molar-refractivity contribution in [2.75, 3.05) is 48.8 Å². The molecule has 0 amide bonds. The molecule has 0 bridgehead atoms. The Morgan fingerprint density at radius 3 is 1.78 bits per heavy atom. The molecule has 4 aromatic carbocycles. The lowest BCUT2D eigenvalue weighted by atomic mass is 10.1.